The topological polar surface area (TPSA) is 194 Å². The number of carbonyl (C=O) groups is 4. The maximum absolute atomic E-state index is 14.2. The summed E-state index contributed by atoms with van der Waals surface area (Å²) in [6, 6.07) is 4.34. The number of tetrazole rings is 2. The molecule has 0 saturated heterocycles. The molecule has 544 valence electrons. The number of Topliss-reactive ketones (excluding diaryl/α,β-unsaturated/α-hetero) is 1. The van der Waals surface area contributed by atoms with Crippen molar-refractivity contribution in [3.05, 3.63) is 128 Å². The molecule has 35 heteroatoms. The highest BCUT2D eigenvalue weighted by molar-refractivity contribution is 5.98. The molecule has 10 rings (SSSR count). The number of rotatable bonds is 16. The highest BCUT2D eigenvalue weighted by atomic mass is 19.4. The number of primary amides is 1. The third-order valence-electron chi connectivity index (χ3n) is 18.8. The van der Waals surface area contributed by atoms with Crippen LogP contribution in [0.5, 0.6) is 0 Å². The van der Waals surface area contributed by atoms with E-state index in [0.29, 0.717) is 94.9 Å². The molecule has 0 unspecified atom stereocenters. The summed E-state index contributed by atoms with van der Waals surface area (Å²) in [5.74, 6) is -2.35. The number of anilines is 4. The van der Waals surface area contributed by atoms with Crippen molar-refractivity contribution in [2.24, 2.45) is 43.5 Å². The molecule has 4 heterocycles. The van der Waals surface area contributed by atoms with Crippen molar-refractivity contribution < 1.29 is 98.2 Å². The monoisotopic (exact) mass is 1440 g/mol. The number of ketones is 1. The predicted octanol–water partition coefficient (Wildman–Crippen LogP) is 15.5. The Morgan fingerprint density at radius 3 is 1.05 bits per heavy atom. The van der Waals surface area contributed by atoms with Gasteiger partial charge in [-0.3, -0.25) is 14.4 Å². The molecule has 4 aromatic carbocycles. The van der Waals surface area contributed by atoms with Crippen LogP contribution in [0.1, 0.15) is 178 Å². The van der Waals surface area contributed by atoms with Crippen LogP contribution in [0.4, 0.5) is 102 Å². The molecular weight excluding hydrogens is 1370 g/mol. The summed E-state index contributed by atoms with van der Waals surface area (Å²) in [7, 11) is 2.74. The molecule has 2 aromatic heterocycles. The van der Waals surface area contributed by atoms with E-state index in [4.69, 9.17) is 5.73 Å². The summed E-state index contributed by atoms with van der Waals surface area (Å²) < 4.78 is 250. The van der Waals surface area contributed by atoms with Gasteiger partial charge in [-0.25, -0.2) is 0 Å². The molecule has 4 aliphatic rings. The Balaban J connectivity index is 0.000000233. The molecule has 3 amide bonds. The van der Waals surface area contributed by atoms with Gasteiger partial charge in [-0.2, -0.15) is 88.6 Å². The molecule has 0 radical (unpaired) electrons. The van der Waals surface area contributed by atoms with Crippen LogP contribution in [0.3, 0.4) is 0 Å². The third-order valence-corrected chi connectivity index (χ3v) is 18.8. The number of aromatic nitrogens is 8. The fraction of sp³-hybridized carbons (Fsp3) is 0.538. The standard InChI is InChI=1S/C33H35F9N6O2.C32H34F9N7O2/c1-4-25-16-28(47(30-43-45-46(3)44-30)17-20-12-23(32(37,38)39)14-24(13-20)33(40,41)42)26-15-22(31(34,35)36)9-10-27(26)48(25)29(50)21-7-5-19(6-8-21)11-18(2)49;1-3-23-15-26(47(29-43-45-46(2)44-29)16-18-10-21(31(36,37)38)13-22(11-18)32(39,40)41)24-14-20(30(33,34)35)8-9-25(24)48(23)28(50)19-6-4-17(5-7-19)12-27(42)49/h9-10,12-15,19,21,25,28H,4-8,11,16-17H2,1-3H3;8-11,13-14,17,19,23,26H,3-7,12,15-16H2,1-2H3,(H2,42,49)/t19?,21?,25-,28+;17?,19?,23-,26+/m11/s1. The summed E-state index contributed by atoms with van der Waals surface area (Å²) in [5.41, 5.74) is -3.70. The summed E-state index contributed by atoms with van der Waals surface area (Å²) in [4.78, 5) is 58.8. The lowest BCUT2D eigenvalue weighted by molar-refractivity contribution is -0.144. The zero-order valence-electron chi connectivity index (χ0n) is 54.2. The SMILES string of the molecule is CC[C@@H]1C[C@H](N(Cc2cc(C(F)(F)F)cc(C(F)(F)F)c2)c2nnn(C)n2)c2cc(C(F)(F)F)ccc2N1C(=O)C1CCC(CC(C)=O)CC1.CC[C@@H]1C[C@H](N(Cc2cc(C(F)(F)F)cc(C(F)(F)F)c2)c2nnn(C)n2)c2cc(C(F)(F)F)ccc2N1C(=O)C1CCC(CC(N)=O)CC1. The van der Waals surface area contributed by atoms with Gasteiger partial charge in [0.05, 0.1) is 59.6 Å². The normalized spacial score (nSPS) is 21.6. The van der Waals surface area contributed by atoms with E-state index in [2.05, 4.69) is 30.8 Å². The van der Waals surface area contributed by atoms with E-state index in [1.54, 1.807) is 13.8 Å². The van der Waals surface area contributed by atoms with Gasteiger partial charge in [0.2, 0.25) is 17.7 Å². The first-order chi connectivity index (χ1) is 46.5. The van der Waals surface area contributed by atoms with Crippen molar-refractivity contribution in [2.75, 3.05) is 19.6 Å². The van der Waals surface area contributed by atoms with Crippen LogP contribution in [0.25, 0.3) is 0 Å². The smallest absolute Gasteiger partial charge is 0.370 e. The van der Waals surface area contributed by atoms with E-state index >= 15 is 0 Å². The Morgan fingerprint density at radius 1 is 0.460 bits per heavy atom. The number of halogens is 18. The fourth-order valence-corrected chi connectivity index (χ4v) is 14.0. The lowest BCUT2D eigenvalue weighted by atomic mass is 9.78. The number of nitrogens with two attached hydrogens (primary N) is 1. The molecule has 17 nitrogen and oxygen atoms in total. The number of alkyl halides is 18. The van der Waals surface area contributed by atoms with Crippen molar-refractivity contribution in [1.29, 1.82) is 0 Å². The Kier molecular flexibility index (Phi) is 22.1. The van der Waals surface area contributed by atoms with Crippen LogP contribution >= 0.6 is 0 Å². The minimum absolute atomic E-state index is 0.00707. The third kappa shape index (κ3) is 17.6. The molecule has 0 bridgehead atoms. The lowest BCUT2D eigenvalue weighted by Gasteiger charge is -2.46. The number of amides is 3. The fourth-order valence-electron chi connectivity index (χ4n) is 14.0. The number of hydrogen-bond donors (Lipinski definition) is 1. The molecule has 2 aliphatic carbocycles. The van der Waals surface area contributed by atoms with E-state index in [9.17, 15) is 98.2 Å². The summed E-state index contributed by atoms with van der Waals surface area (Å²) >= 11 is 0. The van der Waals surface area contributed by atoms with E-state index in [0.717, 1.165) is 39.9 Å². The minimum atomic E-state index is -5.14. The number of fused-ring (bicyclic) bond motifs is 2. The number of carbonyl (C=O) groups excluding carboxylic acids is 4. The van der Waals surface area contributed by atoms with Crippen LogP contribution in [-0.4, -0.2) is 76.0 Å². The molecule has 2 fully saturated rings. The van der Waals surface area contributed by atoms with E-state index in [1.807, 2.05) is 0 Å². The van der Waals surface area contributed by atoms with E-state index in [-0.39, 0.29) is 95.2 Å². The maximum atomic E-state index is 14.2. The molecule has 4 atom stereocenters. The first-order valence-electron chi connectivity index (χ1n) is 32.0. The number of aryl methyl sites for hydroxylation is 2. The molecule has 100 heavy (non-hydrogen) atoms. The Hall–Kier alpha value is -8.56. The summed E-state index contributed by atoms with van der Waals surface area (Å²) in [6.07, 6.45) is -24.9. The first kappa shape index (κ1) is 75.6. The van der Waals surface area contributed by atoms with Crippen molar-refractivity contribution in [3.8, 4) is 0 Å². The van der Waals surface area contributed by atoms with Gasteiger partial charge in [-0.15, -0.1) is 10.2 Å². The second kappa shape index (κ2) is 29.2. The lowest BCUT2D eigenvalue weighted by Crippen LogP contribution is -2.50. The zero-order valence-corrected chi connectivity index (χ0v) is 54.2. The molecule has 2 aliphatic heterocycles. The van der Waals surface area contributed by atoms with Crippen molar-refractivity contribution in [2.45, 2.75) is 185 Å². The van der Waals surface area contributed by atoms with Gasteiger partial charge in [-0.05, 0) is 201 Å². The van der Waals surface area contributed by atoms with Gasteiger partial charge in [0.1, 0.15) is 5.78 Å². The van der Waals surface area contributed by atoms with Crippen LogP contribution < -0.4 is 25.3 Å². The average molecular weight is 1440 g/mol. The summed E-state index contributed by atoms with van der Waals surface area (Å²) in [6.45, 7) is 3.70. The van der Waals surface area contributed by atoms with Gasteiger partial charge in [0.15, 0.2) is 0 Å². The van der Waals surface area contributed by atoms with Crippen molar-refractivity contribution >= 4 is 46.8 Å². The van der Waals surface area contributed by atoms with Crippen LogP contribution in [0.2, 0.25) is 0 Å². The van der Waals surface area contributed by atoms with Crippen LogP contribution in [0.15, 0.2) is 72.8 Å². The minimum Gasteiger partial charge on any atom is -0.370 e. The highest BCUT2D eigenvalue weighted by Crippen LogP contribution is 2.50. The number of hydrogen-bond acceptors (Lipinski definition) is 12. The van der Waals surface area contributed by atoms with E-state index < -0.39 is 137 Å². The number of nitrogens with zero attached hydrogens (tertiary/aromatic N) is 12. The largest absolute Gasteiger partial charge is 0.416 e. The van der Waals surface area contributed by atoms with Gasteiger partial charge >= 0.3 is 37.1 Å². The van der Waals surface area contributed by atoms with Gasteiger partial charge in [0.25, 0.3) is 11.9 Å². The highest BCUT2D eigenvalue weighted by Gasteiger charge is 2.48. The van der Waals surface area contributed by atoms with Gasteiger partial charge in [-0.1, -0.05) is 24.0 Å². The summed E-state index contributed by atoms with van der Waals surface area (Å²) in [5, 5.41) is 23.6. The molecule has 0 spiro atoms. The van der Waals surface area contributed by atoms with Gasteiger partial charge < -0.3 is 30.1 Å². The van der Waals surface area contributed by atoms with E-state index in [1.165, 1.54) is 46.7 Å². The van der Waals surface area contributed by atoms with Crippen molar-refractivity contribution in [3.63, 3.8) is 0 Å². The van der Waals surface area contributed by atoms with Crippen molar-refractivity contribution in [1.82, 2.24) is 40.4 Å². The molecule has 2 N–H and O–H groups in total. The first-order valence-corrected chi connectivity index (χ1v) is 32.0. The maximum Gasteiger partial charge on any atom is 0.416 e. The Labute approximate surface area is 560 Å². The van der Waals surface area contributed by atoms with Crippen LogP contribution in [-0.2, 0) is 83.4 Å². The predicted molar refractivity (Wildman–Crippen MR) is 324 cm³/mol. The second-order valence-electron chi connectivity index (χ2n) is 25.8. The molecule has 2 saturated carbocycles. The molecular formula is C65H69F18N13O4. The average Bonchev–Trinajstić information content (AvgIpc) is 1.16. The van der Waals surface area contributed by atoms with Gasteiger partial charge in [0, 0.05) is 61.2 Å². The second-order valence-corrected chi connectivity index (χ2v) is 25.8. The van der Waals surface area contributed by atoms with Crippen LogP contribution in [0, 0.1) is 23.7 Å². The Morgan fingerprint density at radius 2 is 0.780 bits per heavy atom. The number of benzene rings is 4. The zero-order chi connectivity index (χ0) is 73.5. The molecule has 6 aromatic rings. The Bertz CT molecular complexity index is 3610. The quantitative estimate of drug-likeness (QED) is 0.0902.